The molecule has 9 atom stereocenters. The summed E-state index contributed by atoms with van der Waals surface area (Å²) in [5, 5.41) is 10.9. The molecule has 0 aromatic rings. The first kappa shape index (κ1) is 22.5. The summed E-state index contributed by atoms with van der Waals surface area (Å²) < 4.78 is 0. The van der Waals surface area contributed by atoms with E-state index in [0.29, 0.717) is 27.6 Å². The average molecular weight is 427 g/mol. The molecule has 0 amide bonds. The molecule has 0 radical (unpaired) electrons. The highest BCUT2D eigenvalue weighted by molar-refractivity contribution is 5.33. The van der Waals surface area contributed by atoms with Crippen LogP contribution < -0.4 is 0 Å². The van der Waals surface area contributed by atoms with Crippen molar-refractivity contribution in [1.29, 1.82) is 0 Å². The third-order valence-electron chi connectivity index (χ3n) is 13.0. The van der Waals surface area contributed by atoms with Crippen LogP contribution in [0, 0.1) is 56.7 Å². The van der Waals surface area contributed by atoms with E-state index in [0.717, 1.165) is 30.1 Å². The topological polar surface area (TPSA) is 20.2 Å². The Bertz CT molecular complexity index is 777. The Morgan fingerprint density at radius 3 is 2.23 bits per heavy atom. The standard InChI is InChI=1S/C30H50O/c1-19(2)20-11-14-27(5)17-18-29(7)22-9-10-23-26(3,4)24(31)13-15-28(23,6)21(22)12-16-30(29,8)25(20)27/h12,19-20,22-25,31H,9-11,13-18H2,1-8H3/t20-,22+,23+,24-,25-,27-,28+,29-,30+/m0/s1. The van der Waals surface area contributed by atoms with Gasteiger partial charge in [-0.25, -0.2) is 0 Å². The molecule has 5 rings (SSSR count). The fourth-order valence-electron chi connectivity index (χ4n) is 11.0. The van der Waals surface area contributed by atoms with E-state index >= 15 is 0 Å². The zero-order valence-corrected chi connectivity index (χ0v) is 21.9. The molecule has 4 saturated carbocycles. The van der Waals surface area contributed by atoms with Crippen molar-refractivity contribution in [2.45, 2.75) is 119 Å². The van der Waals surface area contributed by atoms with E-state index in [9.17, 15) is 5.11 Å². The fourth-order valence-corrected chi connectivity index (χ4v) is 11.0. The number of allylic oxidation sites excluding steroid dienone is 2. The van der Waals surface area contributed by atoms with Gasteiger partial charge in [0, 0.05) is 0 Å². The summed E-state index contributed by atoms with van der Waals surface area (Å²) in [4.78, 5) is 0. The van der Waals surface area contributed by atoms with Gasteiger partial charge in [0.25, 0.3) is 0 Å². The molecule has 0 saturated heterocycles. The minimum Gasteiger partial charge on any atom is -0.393 e. The highest BCUT2D eigenvalue weighted by Crippen LogP contribution is 2.76. The van der Waals surface area contributed by atoms with Gasteiger partial charge in [0.05, 0.1) is 6.10 Å². The van der Waals surface area contributed by atoms with Gasteiger partial charge < -0.3 is 5.11 Å². The van der Waals surface area contributed by atoms with Crippen LogP contribution in [-0.4, -0.2) is 11.2 Å². The molecule has 0 aromatic heterocycles. The van der Waals surface area contributed by atoms with Crippen molar-refractivity contribution in [3.8, 4) is 0 Å². The van der Waals surface area contributed by atoms with Gasteiger partial charge in [-0.3, -0.25) is 0 Å². The maximum Gasteiger partial charge on any atom is 0.0594 e. The summed E-state index contributed by atoms with van der Waals surface area (Å²) in [7, 11) is 0. The molecule has 0 unspecified atom stereocenters. The molecule has 0 aromatic carbocycles. The molecule has 5 aliphatic carbocycles. The van der Waals surface area contributed by atoms with Crippen LogP contribution in [0.5, 0.6) is 0 Å². The van der Waals surface area contributed by atoms with Crippen LogP contribution in [0.25, 0.3) is 0 Å². The van der Waals surface area contributed by atoms with Crippen LogP contribution in [0.2, 0.25) is 0 Å². The van der Waals surface area contributed by atoms with Gasteiger partial charge in [-0.2, -0.15) is 0 Å². The average Bonchev–Trinajstić information content (AvgIpc) is 3.06. The van der Waals surface area contributed by atoms with Crippen molar-refractivity contribution in [1.82, 2.24) is 0 Å². The van der Waals surface area contributed by atoms with Crippen LogP contribution in [0.1, 0.15) is 113 Å². The lowest BCUT2D eigenvalue weighted by Gasteiger charge is -2.69. The molecule has 0 aliphatic heterocycles. The van der Waals surface area contributed by atoms with Gasteiger partial charge in [0.2, 0.25) is 0 Å². The summed E-state index contributed by atoms with van der Waals surface area (Å²) in [5.41, 5.74) is 3.60. The van der Waals surface area contributed by atoms with Crippen LogP contribution >= 0.6 is 0 Å². The largest absolute Gasteiger partial charge is 0.393 e. The second-order valence-electron chi connectivity index (χ2n) is 14.8. The normalized spacial score (nSPS) is 55.7. The molecule has 0 bridgehead atoms. The van der Waals surface area contributed by atoms with Crippen molar-refractivity contribution in [3.05, 3.63) is 11.6 Å². The van der Waals surface area contributed by atoms with Gasteiger partial charge in [-0.05, 0) is 114 Å². The quantitative estimate of drug-likeness (QED) is 0.421. The monoisotopic (exact) mass is 426 g/mol. The first-order valence-electron chi connectivity index (χ1n) is 13.7. The Labute approximate surface area is 192 Å². The summed E-state index contributed by atoms with van der Waals surface area (Å²) in [6, 6.07) is 0. The first-order valence-corrected chi connectivity index (χ1v) is 13.7. The zero-order chi connectivity index (χ0) is 22.6. The molecular weight excluding hydrogens is 376 g/mol. The molecule has 31 heavy (non-hydrogen) atoms. The van der Waals surface area contributed by atoms with Crippen LogP contribution in [-0.2, 0) is 0 Å². The van der Waals surface area contributed by atoms with E-state index in [4.69, 9.17) is 0 Å². The van der Waals surface area contributed by atoms with Crippen molar-refractivity contribution < 1.29 is 5.11 Å². The third-order valence-corrected chi connectivity index (χ3v) is 13.0. The number of fused-ring (bicyclic) bond motifs is 7. The number of hydrogen-bond acceptors (Lipinski definition) is 1. The van der Waals surface area contributed by atoms with E-state index in [1.165, 1.54) is 51.4 Å². The lowest BCUT2D eigenvalue weighted by molar-refractivity contribution is -0.168. The number of hydrogen-bond donors (Lipinski definition) is 1. The van der Waals surface area contributed by atoms with Crippen molar-refractivity contribution in [2.75, 3.05) is 0 Å². The molecule has 176 valence electrons. The van der Waals surface area contributed by atoms with Gasteiger partial charge in [0.1, 0.15) is 0 Å². The fraction of sp³-hybridized carbons (Fsp3) is 0.933. The van der Waals surface area contributed by atoms with E-state index in [-0.39, 0.29) is 11.5 Å². The number of aliphatic hydroxyl groups excluding tert-OH is 1. The first-order chi connectivity index (χ1) is 14.3. The number of aliphatic hydroxyl groups is 1. The minimum absolute atomic E-state index is 0.0415. The molecule has 1 heteroatoms. The highest BCUT2D eigenvalue weighted by Gasteiger charge is 2.68. The maximum atomic E-state index is 10.9. The molecule has 4 fully saturated rings. The lowest BCUT2D eigenvalue weighted by atomic mass is 9.35. The predicted octanol–water partition coefficient (Wildman–Crippen LogP) is 8.02. The van der Waals surface area contributed by atoms with E-state index < -0.39 is 0 Å². The Morgan fingerprint density at radius 1 is 0.839 bits per heavy atom. The van der Waals surface area contributed by atoms with E-state index in [1.54, 1.807) is 0 Å². The Balaban J connectivity index is 1.59. The smallest absolute Gasteiger partial charge is 0.0594 e. The van der Waals surface area contributed by atoms with Gasteiger partial charge in [-0.15, -0.1) is 0 Å². The Hall–Kier alpha value is -0.300. The molecule has 0 spiro atoms. The van der Waals surface area contributed by atoms with Crippen LogP contribution in [0.4, 0.5) is 0 Å². The van der Waals surface area contributed by atoms with E-state index in [1.807, 2.05) is 5.57 Å². The summed E-state index contributed by atoms with van der Waals surface area (Å²) in [6.45, 7) is 20.4. The number of rotatable bonds is 1. The van der Waals surface area contributed by atoms with Crippen LogP contribution in [0.15, 0.2) is 11.6 Å². The van der Waals surface area contributed by atoms with Crippen molar-refractivity contribution >= 4 is 0 Å². The minimum atomic E-state index is -0.132. The predicted molar refractivity (Wildman–Crippen MR) is 131 cm³/mol. The summed E-state index contributed by atoms with van der Waals surface area (Å²) in [5.74, 6) is 3.98. The third kappa shape index (κ3) is 2.65. The SMILES string of the molecule is CC(C)[C@@H]1CC[C@@]2(C)CC[C@@]3(C)[C@@H]4CC[C@@H]5C(C)(C)[C@@H](O)CC[C@]5(C)C4=CC[C@]3(C)[C@@H]12. The van der Waals surface area contributed by atoms with Gasteiger partial charge in [0.15, 0.2) is 0 Å². The second-order valence-corrected chi connectivity index (χ2v) is 14.8. The molecule has 1 nitrogen and oxygen atoms in total. The highest BCUT2D eigenvalue weighted by atomic mass is 16.3. The van der Waals surface area contributed by atoms with Gasteiger partial charge in [-0.1, -0.05) is 67.0 Å². The molecular formula is C30H50O. The molecule has 5 aliphatic rings. The maximum absolute atomic E-state index is 10.9. The Morgan fingerprint density at radius 2 is 1.55 bits per heavy atom. The van der Waals surface area contributed by atoms with Crippen LogP contribution in [0.3, 0.4) is 0 Å². The second kappa shape index (κ2) is 6.64. The summed E-state index contributed by atoms with van der Waals surface area (Å²) in [6.07, 6.45) is 14.6. The molecule has 1 N–H and O–H groups in total. The van der Waals surface area contributed by atoms with Crippen molar-refractivity contribution in [2.24, 2.45) is 56.7 Å². The zero-order valence-electron chi connectivity index (χ0n) is 21.9. The Kier molecular flexibility index (Phi) is 4.82. The van der Waals surface area contributed by atoms with Gasteiger partial charge >= 0.3 is 0 Å². The lowest BCUT2D eigenvalue weighted by Crippen LogP contribution is -2.62. The molecule has 0 heterocycles. The van der Waals surface area contributed by atoms with E-state index in [2.05, 4.69) is 61.5 Å². The summed E-state index contributed by atoms with van der Waals surface area (Å²) >= 11 is 0. The van der Waals surface area contributed by atoms with Crippen molar-refractivity contribution in [3.63, 3.8) is 0 Å².